The standard InChI is InChI=1S/C53H34N2O/c1-2-15-40-35(13-1)14-11-22-45(40)48-23-12-26-51-52(48)54-53(56-51)38-29-27-36(28-30-38)41-16-3-5-18-43(41)44-19-6-4-17-42(44)37-31-33-39(34-32-37)55-49-24-9-7-20-46(49)47-21-8-10-25-50(47)55/h1-34H. The average molecular weight is 715 g/mol. The molecule has 0 amide bonds. The Bertz CT molecular complexity index is 3180. The number of aromatic nitrogens is 2. The van der Waals surface area contributed by atoms with Gasteiger partial charge in [0.2, 0.25) is 5.89 Å². The van der Waals surface area contributed by atoms with Gasteiger partial charge >= 0.3 is 0 Å². The van der Waals surface area contributed by atoms with Gasteiger partial charge in [-0.25, -0.2) is 4.98 Å². The number of hydrogen-bond acceptors (Lipinski definition) is 2. The number of fused-ring (bicyclic) bond motifs is 5. The van der Waals surface area contributed by atoms with Gasteiger partial charge in [-0.1, -0.05) is 164 Å². The van der Waals surface area contributed by atoms with Crippen molar-refractivity contribution in [2.24, 2.45) is 0 Å². The van der Waals surface area contributed by atoms with Gasteiger partial charge in [-0.3, -0.25) is 0 Å². The molecule has 9 aromatic carbocycles. The summed E-state index contributed by atoms with van der Waals surface area (Å²) in [6.07, 6.45) is 0. The van der Waals surface area contributed by atoms with Crippen molar-refractivity contribution in [3.05, 3.63) is 206 Å². The Labute approximate surface area is 324 Å². The molecule has 56 heavy (non-hydrogen) atoms. The SMILES string of the molecule is c1ccc(-c2ccccc2-c2ccc(-n3c4ccccc4c4ccccc43)cc2)c(-c2ccc(-c3nc4c(-c5cccc6ccccc56)cccc4o3)cc2)c1. The van der Waals surface area contributed by atoms with Crippen molar-refractivity contribution in [2.45, 2.75) is 0 Å². The van der Waals surface area contributed by atoms with Crippen LogP contribution in [0.1, 0.15) is 0 Å². The molecular weight excluding hydrogens is 681 g/mol. The fourth-order valence-corrected chi connectivity index (χ4v) is 8.47. The van der Waals surface area contributed by atoms with Gasteiger partial charge in [0.05, 0.1) is 11.0 Å². The highest BCUT2D eigenvalue weighted by Gasteiger charge is 2.17. The molecule has 0 fully saturated rings. The van der Waals surface area contributed by atoms with Crippen molar-refractivity contribution in [2.75, 3.05) is 0 Å². The van der Waals surface area contributed by atoms with E-state index in [1.807, 2.05) is 12.1 Å². The normalized spacial score (nSPS) is 11.6. The minimum absolute atomic E-state index is 0.613. The highest BCUT2D eigenvalue weighted by molar-refractivity contribution is 6.09. The van der Waals surface area contributed by atoms with Crippen LogP contribution in [0.3, 0.4) is 0 Å². The second-order valence-corrected chi connectivity index (χ2v) is 14.3. The van der Waals surface area contributed by atoms with Gasteiger partial charge in [-0.2, -0.15) is 0 Å². The molecule has 2 aromatic heterocycles. The first kappa shape index (κ1) is 32.0. The fraction of sp³-hybridized carbons (Fsp3) is 0. The van der Waals surface area contributed by atoms with Gasteiger partial charge in [0, 0.05) is 27.6 Å². The number of oxazole rings is 1. The Kier molecular flexibility index (Phi) is 7.49. The number of para-hydroxylation sites is 3. The third-order valence-electron chi connectivity index (χ3n) is 11.1. The van der Waals surface area contributed by atoms with E-state index in [9.17, 15) is 0 Å². The van der Waals surface area contributed by atoms with Crippen LogP contribution in [0.25, 0.3) is 105 Å². The predicted molar refractivity (Wildman–Crippen MR) is 233 cm³/mol. The lowest BCUT2D eigenvalue weighted by Gasteiger charge is -2.15. The quantitative estimate of drug-likeness (QED) is 0.172. The second-order valence-electron chi connectivity index (χ2n) is 14.3. The van der Waals surface area contributed by atoms with E-state index in [1.54, 1.807) is 0 Å². The summed E-state index contributed by atoms with van der Waals surface area (Å²) >= 11 is 0. The van der Waals surface area contributed by atoms with E-state index in [2.05, 4.69) is 199 Å². The van der Waals surface area contributed by atoms with E-state index < -0.39 is 0 Å². The molecule has 11 aromatic rings. The summed E-state index contributed by atoms with van der Waals surface area (Å²) < 4.78 is 8.76. The summed E-state index contributed by atoms with van der Waals surface area (Å²) in [6.45, 7) is 0. The van der Waals surface area contributed by atoms with Crippen LogP contribution in [0.5, 0.6) is 0 Å². The van der Waals surface area contributed by atoms with Crippen LogP contribution in [0, 0.1) is 0 Å². The minimum atomic E-state index is 0.613. The molecule has 0 saturated heterocycles. The van der Waals surface area contributed by atoms with E-state index in [-0.39, 0.29) is 0 Å². The summed E-state index contributed by atoms with van der Waals surface area (Å²) in [5.74, 6) is 0.613. The lowest BCUT2D eigenvalue weighted by atomic mass is 9.89. The second kappa shape index (κ2) is 13.1. The fourth-order valence-electron chi connectivity index (χ4n) is 8.47. The number of hydrogen-bond donors (Lipinski definition) is 0. The molecule has 0 bridgehead atoms. The van der Waals surface area contributed by atoms with Crippen LogP contribution in [0.15, 0.2) is 211 Å². The first-order chi connectivity index (χ1) is 27.8. The maximum Gasteiger partial charge on any atom is 0.227 e. The Morgan fingerprint density at radius 1 is 0.339 bits per heavy atom. The molecule has 0 spiro atoms. The van der Waals surface area contributed by atoms with Crippen LogP contribution >= 0.6 is 0 Å². The van der Waals surface area contributed by atoms with Crippen molar-refractivity contribution in [1.29, 1.82) is 0 Å². The summed E-state index contributed by atoms with van der Waals surface area (Å²) in [5.41, 5.74) is 15.4. The third kappa shape index (κ3) is 5.25. The molecule has 3 nitrogen and oxygen atoms in total. The molecule has 11 rings (SSSR count). The van der Waals surface area contributed by atoms with Gasteiger partial charge in [0.15, 0.2) is 5.58 Å². The van der Waals surface area contributed by atoms with Crippen molar-refractivity contribution >= 4 is 43.7 Å². The molecule has 0 unspecified atom stereocenters. The summed E-state index contributed by atoms with van der Waals surface area (Å²) in [4.78, 5) is 5.06. The van der Waals surface area contributed by atoms with Gasteiger partial charge in [0.25, 0.3) is 0 Å². The Hall–Kier alpha value is -7.49. The van der Waals surface area contributed by atoms with E-state index >= 15 is 0 Å². The lowest BCUT2D eigenvalue weighted by Crippen LogP contribution is -1.94. The topological polar surface area (TPSA) is 31.0 Å². The zero-order valence-corrected chi connectivity index (χ0v) is 30.4. The van der Waals surface area contributed by atoms with Crippen LogP contribution in [-0.2, 0) is 0 Å². The monoisotopic (exact) mass is 714 g/mol. The molecule has 0 atom stereocenters. The van der Waals surface area contributed by atoms with E-state index in [1.165, 1.54) is 60.4 Å². The van der Waals surface area contributed by atoms with Crippen molar-refractivity contribution in [1.82, 2.24) is 9.55 Å². The van der Waals surface area contributed by atoms with Crippen molar-refractivity contribution < 1.29 is 4.42 Å². The maximum atomic E-state index is 6.39. The number of benzene rings is 9. The van der Waals surface area contributed by atoms with Crippen LogP contribution in [0.4, 0.5) is 0 Å². The van der Waals surface area contributed by atoms with E-state index in [4.69, 9.17) is 9.40 Å². The Morgan fingerprint density at radius 2 is 0.804 bits per heavy atom. The maximum absolute atomic E-state index is 6.39. The zero-order valence-electron chi connectivity index (χ0n) is 30.4. The minimum Gasteiger partial charge on any atom is -0.436 e. The smallest absolute Gasteiger partial charge is 0.227 e. The predicted octanol–water partition coefficient (Wildman–Crippen LogP) is 14.4. The largest absolute Gasteiger partial charge is 0.436 e. The van der Waals surface area contributed by atoms with Gasteiger partial charge in [0.1, 0.15) is 5.52 Å². The van der Waals surface area contributed by atoms with Gasteiger partial charge < -0.3 is 8.98 Å². The molecule has 2 heterocycles. The first-order valence-corrected chi connectivity index (χ1v) is 19.0. The molecule has 3 heteroatoms. The molecule has 262 valence electrons. The zero-order chi connectivity index (χ0) is 37.0. The number of rotatable bonds is 6. The first-order valence-electron chi connectivity index (χ1n) is 19.0. The van der Waals surface area contributed by atoms with Crippen LogP contribution in [0.2, 0.25) is 0 Å². The molecule has 0 N–H and O–H groups in total. The summed E-state index contributed by atoms with van der Waals surface area (Å²) in [6, 6.07) is 73.4. The van der Waals surface area contributed by atoms with E-state index in [0.717, 1.165) is 39.0 Å². The van der Waals surface area contributed by atoms with Crippen LogP contribution < -0.4 is 0 Å². The average Bonchev–Trinajstić information content (AvgIpc) is 3.87. The molecule has 0 aliphatic heterocycles. The molecule has 0 aliphatic carbocycles. The van der Waals surface area contributed by atoms with Gasteiger partial charge in [-0.15, -0.1) is 0 Å². The Morgan fingerprint density at radius 3 is 1.46 bits per heavy atom. The van der Waals surface area contributed by atoms with E-state index in [0.29, 0.717) is 5.89 Å². The highest BCUT2D eigenvalue weighted by Crippen LogP contribution is 2.40. The molecule has 0 saturated carbocycles. The number of nitrogens with zero attached hydrogens (tertiary/aromatic N) is 2. The molecular formula is C53H34N2O. The lowest BCUT2D eigenvalue weighted by molar-refractivity contribution is 0.620. The van der Waals surface area contributed by atoms with Crippen molar-refractivity contribution in [3.8, 4) is 61.6 Å². The van der Waals surface area contributed by atoms with Crippen molar-refractivity contribution in [3.63, 3.8) is 0 Å². The third-order valence-corrected chi connectivity index (χ3v) is 11.1. The van der Waals surface area contributed by atoms with Gasteiger partial charge in [-0.05, 0) is 92.2 Å². The molecule has 0 aliphatic rings. The highest BCUT2D eigenvalue weighted by atomic mass is 16.3. The molecule has 0 radical (unpaired) electrons. The summed E-state index contributed by atoms with van der Waals surface area (Å²) in [5, 5.41) is 4.94. The summed E-state index contributed by atoms with van der Waals surface area (Å²) in [7, 11) is 0. The van der Waals surface area contributed by atoms with Crippen LogP contribution in [-0.4, -0.2) is 9.55 Å². The Balaban J connectivity index is 0.937.